The molecule has 0 atom stereocenters. The SMILES string of the molecule is CC(C)c1ccn2cc(C(C)(C)C)cc2c1. The van der Waals surface area contributed by atoms with Crippen molar-refractivity contribution < 1.29 is 0 Å². The van der Waals surface area contributed by atoms with E-state index >= 15 is 0 Å². The second-order valence-corrected chi connectivity index (χ2v) is 5.93. The van der Waals surface area contributed by atoms with Crippen molar-refractivity contribution in [3.8, 4) is 0 Å². The summed E-state index contributed by atoms with van der Waals surface area (Å²) in [6, 6.07) is 6.80. The Morgan fingerprint density at radius 3 is 2.38 bits per heavy atom. The third-order valence-electron chi connectivity index (χ3n) is 3.15. The molecule has 0 saturated carbocycles. The second kappa shape index (κ2) is 3.65. The number of fused-ring (bicyclic) bond motifs is 1. The minimum absolute atomic E-state index is 0.226. The molecule has 0 radical (unpaired) electrons. The van der Waals surface area contributed by atoms with E-state index in [1.807, 2.05) is 0 Å². The maximum atomic E-state index is 2.30. The number of hydrogen-bond acceptors (Lipinski definition) is 0. The summed E-state index contributed by atoms with van der Waals surface area (Å²) in [6.45, 7) is 11.2. The molecule has 0 spiro atoms. The topological polar surface area (TPSA) is 4.41 Å². The Bertz CT molecular complexity index is 498. The molecule has 0 N–H and O–H groups in total. The lowest BCUT2D eigenvalue weighted by molar-refractivity contribution is 0.590. The van der Waals surface area contributed by atoms with Gasteiger partial charge in [-0.3, -0.25) is 0 Å². The summed E-state index contributed by atoms with van der Waals surface area (Å²) in [5.41, 5.74) is 4.33. The van der Waals surface area contributed by atoms with Gasteiger partial charge in [-0.15, -0.1) is 0 Å². The fourth-order valence-electron chi connectivity index (χ4n) is 1.90. The highest BCUT2D eigenvalue weighted by Gasteiger charge is 2.15. The molecule has 0 bridgehead atoms. The first-order valence-electron chi connectivity index (χ1n) is 6.00. The van der Waals surface area contributed by atoms with Gasteiger partial charge in [-0.2, -0.15) is 0 Å². The normalized spacial score (nSPS) is 12.6. The predicted molar refractivity (Wildman–Crippen MR) is 70.2 cm³/mol. The van der Waals surface area contributed by atoms with Crippen molar-refractivity contribution in [3.05, 3.63) is 41.7 Å². The molecular weight excluding hydrogens is 194 g/mol. The average molecular weight is 215 g/mol. The van der Waals surface area contributed by atoms with Gasteiger partial charge >= 0.3 is 0 Å². The molecule has 0 aliphatic rings. The summed E-state index contributed by atoms with van der Waals surface area (Å²) in [4.78, 5) is 0. The zero-order valence-corrected chi connectivity index (χ0v) is 10.9. The van der Waals surface area contributed by atoms with Crippen molar-refractivity contribution in [2.45, 2.75) is 46.0 Å². The minimum Gasteiger partial charge on any atom is -0.324 e. The van der Waals surface area contributed by atoms with Crippen molar-refractivity contribution in [1.29, 1.82) is 0 Å². The Hall–Kier alpha value is -1.24. The number of aromatic nitrogens is 1. The third-order valence-corrected chi connectivity index (χ3v) is 3.15. The number of rotatable bonds is 1. The van der Waals surface area contributed by atoms with Crippen LogP contribution in [0.3, 0.4) is 0 Å². The van der Waals surface area contributed by atoms with Crippen LogP contribution in [0.25, 0.3) is 5.52 Å². The monoisotopic (exact) mass is 215 g/mol. The molecule has 0 fully saturated rings. The molecule has 86 valence electrons. The first-order chi connectivity index (χ1) is 7.38. The summed E-state index contributed by atoms with van der Waals surface area (Å²) in [5.74, 6) is 0.595. The molecule has 0 aromatic carbocycles. The van der Waals surface area contributed by atoms with Gasteiger partial charge in [-0.05, 0) is 40.7 Å². The number of nitrogens with zero attached hydrogens (tertiary/aromatic N) is 1. The Labute approximate surface area is 98.1 Å². The van der Waals surface area contributed by atoms with E-state index < -0.39 is 0 Å². The highest BCUT2D eigenvalue weighted by Crippen LogP contribution is 2.26. The summed E-state index contributed by atoms with van der Waals surface area (Å²) < 4.78 is 2.21. The maximum absolute atomic E-state index is 2.30. The molecule has 16 heavy (non-hydrogen) atoms. The van der Waals surface area contributed by atoms with Gasteiger partial charge in [0.25, 0.3) is 0 Å². The van der Waals surface area contributed by atoms with Crippen LogP contribution < -0.4 is 0 Å². The summed E-state index contributed by atoms with van der Waals surface area (Å²) in [6.07, 6.45) is 4.40. The van der Waals surface area contributed by atoms with Gasteiger partial charge in [0.05, 0.1) is 0 Å². The highest BCUT2D eigenvalue weighted by atomic mass is 14.9. The van der Waals surface area contributed by atoms with Crippen LogP contribution in [0, 0.1) is 0 Å². The quantitative estimate of drug-likeness (QED) is 0.665. The van der Waals surface area contributed by atoms with E-state index in [1.165, 1.54) is 16.6 Å². The van der Waals surface area contributed by atoms with E-state index in [0.29, 0.717) is 5.92 Å². The summed E-state index contributed by atoms with van der Waals surface area (Å²) >= 11 is 0. The van der Waals surface area contributed by atoms with Crippen molar-refractivity contribution in [2.24, 2.45) is 0 Å². The lowest BCUT2D eigenvalue weighted by Crippen LogP contribution is -2.09. The largest absolute Gasteiger partial charge is 0.324 e. The molecule has 0 amide bonds. The number of pyridine rings is 1. The van der Waals surface area contributed by atoms with Crippen molar-refractivity contribution in [1.82, 2.24) is 4.40 Å². The summed E-state index contributed by atoms with van der Waals surface area (Å²) in [7, 11) is 0. The standard InChI is InChI=1S/C15H21N/c1-11(2)12-6-7-16-10-13(15(3,4)5)9-14(16)8-12/h6-11H,1-5H3. The average Bonchev–Trinajstić information content (AvgIpc) is 2.58. The van der Waals surface area contributed by atoms with Crippen LogP contribution in [0.4, 0.5) is 0 Å². The van der Waals surface area contributed by atoms with Crippen LogP contribution >= 0.6 is 0 Å². The Kier molecular flexibility index (Phi) is 2.57. The molecule has 1 heteroatoms. The predicted octanol–water partition coefficient (Wildman–Crippen LogP) is 4.36. The highest BCUT2D eigenvalue weighted by molar-refractivity contribution is 5.54. The summed E-state index contributed by atoms with van der Waals surface area (Å²) in [5, 5.41) is 0. The maximum Gasteiger partial charge on any atom is 0.0455 e. The first kappa shape index (κ1) is 11.3. The van der Waals surface area contributed by atoms with Gasteiger partial charge in [-0.1, -0.05) is 34.6 Å². The van der Waals surface area contributed by atoms with Crippen LogP contribution in [0.15, 0.2) is 30.6 Å². The van der Waals surface area contributed by atoms with Gasteiger partial charge in [0.2, 0.25) is 0 Å². The Balaban J connectivity index is 2.54. The van der Waals surface area contributed by atoms with E-state index in [9.17, 15) is 0 Å². The lowest BCUT2D eigenvalue weighted by Gasteiger charge is -2.15. The molecule has 2 heterocycles. The molecular formula is C15H21N. The molecule has 0 aliphatic heterocycles. The fourth-order valence-corrected chi connectivity index (χ4v) is 1.90. The van der Waals surface area contributed by atoms with E-state index in [1.54, 1.807) is 0 Å². The lowest BCUT2D eigenvalue weighted by atomic mass is 9.89. The Morgan fingerprint density at radius 1 is 1.12 bits per heavy atom. The first-order valence-corrected chi connectivity index (χ1v) is 6.00. The number of hydrogen-bond donors (Lipinski definition) is 0. The van der Waals surface area contributed by atoms with Gasteiger partial charge < -0.3 is 4.40 Å². The van der Waals surface area contributed by atoms with E-state index in [0.717, 1.165) is 0 Å². The second-order valence-electron chi connectivity index (χ2n) is 5.93. The van der Waals surface area contributed by atoms with Crippen molar-refractivity contribution in [3.63, 3.8) is 0 Å². The van der Waals surface area contributed by atoms with Gasteiger partial charge in [0.1, 0.15) is 0 Å². The van der Waals surface area contributed by atoms with E-state index in [4.69, 9.17) is 0 Å². The molecule has 1 nitrogen and oxygen atoms in total. The molecule has 2 aromatic heterocycles. The van der Waals surface area contributed by atoms with Crippen LogP contribution in [0.1, 0.15) is 51.7 Å². The van der Waals surface area contributed by atoms with Crippen LogP contribution in [-0.4, -0.2) is 4.40 Å². The van der Waals surface area contributed by atoms with E-state index in [2.05, 4.69) is 69.6 Å². The molecule has 0 saturated heterocycles. The zero-order valence-electron chi connectivity index (χ0n) is 10.9. The molecule has 0 unspecified atom stereocenters. The minimum atomic E-state index is 0.226. The van der Waals surface area contributed by atoms with Crippen LogP contribution in [0.5, 0.6) is 0 Å². The smallest absolute Gasteiger partial charge is 0.0455 e. The molecule has 2 aromatic rings. The van der Waals surface area contributed by atoms with Gasteiger partial charge in [0.15, 0.2) is 0 Å². The van der Waals surface area contributed by atoms with Crippen LogP contribution in [-0.2, 0) is 5.41 Å². The van der Waals surface area contributed by atoms with Crippen molar-refractivity contribution in [2.75, 3.05) is 0 Å². The molecule has 2 rings (SSSR count). The van der Waals surface area contributed by atoms with Crippen LogP contribution in [0.2, 0.25) is 0 Å². The third kappa shape index (κ3) is 1.99. The molecule has 0 aliphatic carbocycles. The van der Waals surface area contributed by atoms with Crippen molar-refractivity contribution >= 4 is 5.52 Å². The van der Waals surface area contributed by atoms with Gasteiger partial charge in [-0.25, -0.2) is 0 Å². The van der Waals surface area contributed by atoms with Gasteiger partial charge in [0, 0.05) is 17.9 Å². The zero-order chi connectivity index (χ0) is 11.9. The Morgan fingerprint density at radius 2 is 1.81 bits per heavy atom. The van der Waals surface area contributed by atoms with E-state index in [-0.39, 0.29) is 5.41 Å². The fraction of sp³-hybridized carbons (Fsp3) is 0.467.